The molecule has 0 amide bonds. The van der Waals surface area contributed by atoms with Gasteiger partial charge in [0.25, 0.3) is 6.43 Å². The number of pyridine rings is 1. The van der Waals surface area contributed by atoms with Crippen LogP contribution < -0.4 is 5.73 Å². The van der Waals surface area contributed by atoms with E-state index in [1.165, 1.54) is 12.3 Å². The number of hydrogen-bond acceptors (Lipinski definition) is 2. The molecule has 12 heavy (non-hydrogen) atoms. The van der Waals surface area contributed by atoms with Crippen molar-refractivity contribution in [2.45, 2.75) is 11.8 Å². The van der Waals surface area contributed by atoms with Gasteiger partial charge in [-0.25, -0.2) is 8.78 Å². The monoisotopic (exact) mass is 236 g/mol. The molecule has 66 valence electrons. The van der Waals surface area contributed by atoms with Gasteiger partial charge in [-0.3, -0.25) is 4.98 Å². The molecular weight excluding hydrogens is 230 g/mol. The van der Waals surface area contributed by atoms with Crippen molar-refractivity contribution in [3.63, 3.8) is 0 Å². The Kier molecular flexibility index (Phi) is 2.97. The molecule has 1 aromatic heterocycles. The normalized spacial score (nSPS) is 10.7. The second-order valence-corrected chi connectivity index (χ2v) is 2.80. The summed E-state index contributed by atoms with van der Waals surface area (Å²) in [5, 5.41) is 0.523. The molecule has 0 aromatic carbocycles. The van der Waals surface area contributed by atoms with Crippen LogP contribution in [0.3, 0.4) is 0 Å². The van der Waals surface area contributed by atoms with Gasteiger partial charge in [0, 0.05) is 22.8 Å². The van der Waals surface area contributed by atoms with Crippen molar-refractivity contribution in [2.75, 3.05) is 5.73 Å². The van der Waals surface area contributed by atoms with E-state index < -0.39 is 6.43 Å². The van der Waals surface area contributed by atoms with Gasteiger partial charge in [-0.1, -0.05) is 15.9 Å². The zero-order chi connectivity index (χ0) is 9.14. The van der Waals surface area contributed by atoms with Crippen LogP contribution in [0, 0.1) is 0 Å². The fourth-order valence-electron chi connectivity index (χ4n) is 0.747. The van der Waals surface area contributed by atoms with Crippen LogP contribution in [0.15, 0.2) is 12.3 Å². The minimum Gasteiger partial charge on any atom is -0.398 e. The highest BCUT2D eigenvalue weighted by Crippen LogP contribution is 2.21. The second kappa shape index (κ2) is 3.80. The number of alkyl halides is 3. The maximum atomic E-state index is 12.1. The van der Waals surface area contributed by atoms with E-state index in [4.69, 9.17) is 5.73 Å². The quantitative estimate of drug-likeness (QED) is 0.802. The largest absolute Gasteiger partial charge is 0.398 e. The molecule has 0 spiro atoms. The van der Waals surface area contributed by atoms with E-state index in [2.05, 4.69) is 20.9 Å². The lowest BCUT2D eigenvalue weighted by Crippen LogP contribution is -1.97. The van der Waals surface area contributed by atoms with Crippen LogP contribution in [-0.4, -0.2) is 4.98 Å². The van der Waals surface area contributed by atoms with Gasteiger partial charge in [0.1, 0.15) is 5.69 Å². The molecule has 0 saturated heterocycles. The highest BCUT2D eigenvalue weighted by Gasteiger charge is 2.09. The van der Waals surface area contributed by atoms with Crippen LogP contribution in [0.1, 0.15) is 17.7 Å². The third kappa shape index (κ3) is 1.91. The second-order valence-electron chi connectivity index (χ2n) is 2.24. The van der Waals surface area contributed by atoms with Gasteiger partial charge in [0.2, 0.25) is 0 Å². The van der Waals surface area contributed by atoms with Crippen LogP contribution in [0.2, 0.25) is 0 Å². The lowest BCUT2D eigenvalue weighted by atomic mass is 10.2. The Labute approximate surface area is 76.9 Å². The standard InChI is InChI=1S/C7H7BrF2N2/c8-2-4-3-12-6(7(9)10)1-5(4)11/h1,3,7H,2H2,(H2,11,12). The summed E-state index contributed by atoms with van der Waals surface area (Å²) in [6, 6.07) is 1.20. The fraction of sp³-hybridized carbons (Fsp3) is 0.286. The van der Waals surface area contributed by atoms with Gasteiger partial charge in [0.15, 0.2) is 0 Å². The Morgan fingerprint density at radius 1 is 1.58 bits per heavy atom. The molecule has 2 nitrogen and oxygen atoms in total. The maximum Gasteiger partial charge on any atom is 0.280 e. The predicted octanol–water partition coefficient (Wildman–Crippen LogP) is 2.50. The molecule has 5 heteroatoms. The van der Waals surface area contributed by atoms with Crippen molar-refractivity contribution >= 4 is 21.6 Å². The molecule has 0 bridgehead atoms. The molecule has 0 aliphatic carbocycles. The van der Waals surface area contributed by atoms with Gasteiger partial charge in [-0.2, -0.15) is 0 Å². The molecule has 1 heterocycles. The smallest absolute Gasteiger partial charge is 0.280 e. The molecule has 1 aromatic rings. The number of nitrogen functional groups attached to an aromatic ring is 1. The Balaban J connectivity index is 3.02. The maximum absolute atomic E-state index is 12.1. The molecule has 1 rings (SSSR count). The molecule has 0 aliphatic rings. The lowest BCUT2D eigenvalue weighted by Gasteiger charge is -2.03. The van der Waals surface area contributed by atoms with E-state index in [-0.39, 0.29) is 5.69 Å². The summed E-state index contributed by atoms with van der Waals surface area (Å²) in [5.74, 6) is 0. The Morgan fingerprint density at radius 3 is 2.67 bits per heavy atom. The van der Waals surface area contributed by atoms with Crippen LogP contribution in [0.4, 0.5) is 14.5 Å². The van der Waals surface area contributed by atoms with Crippen molar-refractivity contribution in [3.8, 4) is 0 Å². The predicted molar refractivity (Wildman–Crippen MR) is 46.2 cm³/mol. The van der Waals surface area contributed by atoms with Crippen LogP contribution >= 0.6 is 15.9 Å². The van der Waals surface area contributed by atoms with Crippen LogP contribution in [0.5, 0.6) is 0 Å². The van der Waals surface area contributed by atoms with E-state index in [9.17, 15) is 8.78 Å². The summed E-state index contributed by atoms with van der Waals surface area (Å²) in [6.07, 6.45) is -1.21. The van der Waals surface area contributed by atoms with Gasteiger partial charge in [-0.15, -0.1) is 0 Å². The summed E-state index contributed by atoms with van der Waals surface area (Å²) >= 11 is 3.16. The zero-order valence-electron chi connectivity index (χ0n) is 6.10. The van der Waals surface area contributed by atoms with Crippen molar-refractivity contribution in [2.24, 2.45) is 0 Å². The highest BCUT2D eigenvalue weighted by molar-refractivity contribution is 9.08. The number of halogens is 3. The third-order valence-electron chi connectivity index (χ3n) is 1.41. The van der Waals surface area contributed by atoms with Gasteiger partial charge in [0.05, 0.1) is 0 Å². The molecule has 0 saturated carbocycles. The Hall–Kier alpha value is -0.710. The van der Waals surface area contributed by atoms with Crippen molar-refractivity contribution in [1.29, 1.82) is 0 Å². The van der Waals surface area contributed by atoms with Crippen LogP contribution in [0.25, 0.3) is 0 Å². The number of rotatable bonds is 2. The summed E-state index contributed by atoms with van der Waals surface area (Å²) in [5.41, 5.74) is 6.25. The molecule has 0 fully saturated rings. The minimum absolute atomic E-state index is 0.280. The lowest BCUT2D eigenvalue weighted by molar-refractivity contribution is 0.146. The van der Waals surface area contributed by atoms with E-state index in [0.29, 0.717) is 11.0 Å². The van der Waals surface area contributed by atoms with E-state index in [1.54, 1.807) is 0 Å². The number of nitrogens with two attached hydrogens (primary N) is 1. The van der Waals surface area contributed by atoms with Gasteiger partial charge < -0.3 is 5.73 Å². The van der Waals surface area contributed by atoms with Crippen molar-refractivity contribution in [1.82, 2.24) is 4.98 Å². The minimum atomic E-state index is -2.56. The average Bonchev–Trinajstić information content (AvgIpc) is 2.04. The fourth-order valence-corrected chi connectivity index (χ4v) is 1.22. The summed E-state index contributed by atoms with van der Waals surface area (Å²) in [4.78, 5) is 3.55. The van der Waals surface area contributed by atoms with E-state index in [1.807, 2.05) is 0 Å². The first-order valence-corrected chi connectivity index (χ1v) is 4.35. The van der Waals surface area contributed by atoms with Gasteiger partial charge >= 0.3 is 0 Å². The topological polar surface area (TPSA) is 38.9 Å². The zero-order valence-corrected chi connectivity index (χ0v) is 7.68. The molecule has 0 radical (unpaired) electrons. The first-order chi connectivity index (χ1) is 5.65. The van der Waals surface area contributed by atoms with Crippen molar-refractivity contribution < 1.29 is 8.78 Å². The van der Waals surface area contributed by atoms with Crippen molar-refractivity contribution in [3.05, 3.63) is 23.5 Å². The number of aromatic nitrogens is 1. The molecule has 0 aliphatic heterocycles. The average molecular weight is 237 g/mol. The number of hydrogen-bond donors (Lipinski definition) is 1. The number of anilines is 1. The molecule has 0 unspecified atom stereocenters. The first kappa shape index (κ1) is 9.38. The van der Waals surface area contributed by atoms with E-state index >= 15 is 0 Å². The summed E-state index contributed by atoms with van der Waals surface area (Å²) in [6.45, 7) is 0. The highest BCUT2D eigenvalue weighted by atomic mass is 79.9. The molecule has 0 atom stereocenters. The first-order valence-electron chi connectivity index (χ1n) is 3.23. The number of nitrogens with zero attached hydrogens (tertiary/aromatic N) is 1. The van der Waals surface area contributed by atoms with E-state index in [0.717, 1.165) is 5.56 Å². The Morgan fingerprint density at radius 2 is 2.25 bits per heavy atom. The summed E-state index contributed by atoms with van der Waals surface area (Å²) < 4.78 is 24.1. The SMILES string of the molecule is Nc1cc(C(F)F)ncc1CBr. The van der Waals surface area contributed by atoms with Crippen LogP contribution in [-0.2, 0) is 5.33 Å². The van der Waals surface area contributed by atoms with Gasteiger partial charge in [-0.05, 0) is 6.07 Å². The molecule has 2 N–H and O–H groups in total. The third-order valence-corrected chi connectivity index (χ3v) is 2.02. The summed E-state index contributed by atoms with van der Waals surface area (Å²) in [7, 11) is 0. The molecular formula is C7H7BrF2N2. The Bertz CT molecular complexity index is 278.